The average Bonchev–Trinajstić information content (AvgIpc) is 2.93. The van der Waals surface area contributed by atoms with Crippen molar-refractivity contribution in [1.29, 1.82) is 0 Å². The molecule has 2 unspecified atom stereocenters. The van der Waals surface area contributed by atoms with Gasteiger partial charge in [-0.2, -0.15) is 0 Å². The lowest BCUT2D eigenvalue weighted by Crippen LogP contribution is -2.34. The van der Waals surface area contributed by atoms with E-state index >= 15 is 0 Å². The van der Waals surface area contributed by atoms with Crippen LogP contribution >= 0.6 is 39.7 Å². The van der Waals surface area contributed by atoms with Crippen molar-refractivity contribution in [3.05, 3.63) is 20.8 Å². The second kappa shape index (κ2) is 8.21. The lowest BCUT2D eigenvalue weighted by Gasteiger charge is -2.13. The molecule has 1 aromatic rings. The van der Waals surface area contributed by atoms with Crippen molar-refractivity contribution >= 4 is 45.6 Å². The zero-order valence-electron chi connectivity index (χ0n) is 10.4. The quantitative estimate of drug-likeness (QED) is 0.738. The Bertz CT molecular complexity index is 416. The summed E-state index contributed by atoms with van der Waals surface area (Å²) in [4.78, 5) is 12.9. The number of thiophene rings is 1. The zero-order chi connectivity index (χ0) is 13.0. The van der Waals surface area contributed by atoms with E-state index in [0.29, 0.717) is 19.5 Å². The van der Waals surface area contributed by atoms with Gasteiger partial charge in [0.25, 0.3) is 0 Å². The number of carbonyl (C=O) groups is 1. The Kier molecular flexibility index (Phi) is 7.31. The second-order valence-electron chi connectivity index (χ2n) is 4.52. The van der Waals surface area contributed by atoms with Gasteiger partial charge in [-0.25, -0.2) is 0 Å². The molecule has 0 spiro atoms. The summed E-state index contributed by atoms with van der Waals surface area (Å²) < 4.78 is 1.07. The molecule has 4 nitrogen and oxygen atoms in total. The van der Waals surface area contributed by atoms with Gasteiger partial charge in [0.2, 0.25) is 5.91 Å². The molecule has 1 aliphatic rings. The molecule has 0 aliphatic carbocycles. The van der Waals surface area contributed by atoms with Crippen LogP contribution in [-0.2, 0) is 11.2 Å². The first-order valence-electron chi connectivity index (χ1n) is 6.03. The predicted octanol–water partition coefficient (Wildman–Crippen LogP) is 1.56. The first kappa shape index (κ1) is 16.9. The Hall–Kier alpha value is -0.140. The minimum Gasteiger partial charge on any atom is -0.391 e. The maximum absolute atomic E-state index is 11.7. The molecule has 1 fully saturated rings. The molecule has 1 aromatic heterocycles. The molecule has 1 aliphatic heterocycles. The number of rotatable bonds is 5. The molecule has 2 heterocycles. The summed E-state index contributed by atoms with van der Waals surface area (Å²) in [5.41, 5.74) is 0. The standard InChI is InChI=1S/C12H17BrN2O2S.ClH/c13-9-3-10(18-7-9)1-2-12(17)15-5-8-4-14-6-11(8)16;/h3,7-8,11,14,16H,1-2,4-6H2,(H,15,17);1H. The number of β-amino-alcohol motifs (C(OH)–C–C–N with tert-alkyl or cyclic N) is 1. The van der Waals surface area contributed by atoms with Crippen LogP contribution in [0.4, 0.5) is 0 Å². The topological polar surface area (TPSA) is 61.4 Å². The Morgan fingerprint density at radius 2 is 2.37 bits per heavy atom. The maximum atomic E-state index is 11.7. The van der Waals surface area contributed by atoms with Crippen molar-refractivity contribution < 1.29 is 9.90 Å². The van der Waals surface area contributed by atoms with Crippen LogP contribution in [0.15, 0.2) is 15.9 Å². The number of aryl methyl sites for hydroxylation is 1. The number of halogens is 2. The molecular weight excluding hydrogens is 352 g/mol. The second-order valence-corrected chi connectivity index (χ2v) is 6.43. The van der Waals surface area contributed by atoms with Gasteiger partial charge in [0, 0.05) is 46.7 Å². The number of aliphatic hydroxyl groups is 1. The number of carbonyl (C=O) groups excluding carboxylic acids is 1. The first-order chi connectivity index (χ1) is 8.65. The van der Waals surface area contributed by atoms with Gasteiger partial charge in [0.05, 0.1) is 6.10 Å². The van der Waals surface area contributed by atoms with Gasteiger partial charge in [0.15, 0.2) is 0 Å². The fraction of sp³-hybridized carbons (Fsp3) is 0.583. The van der Waals surface area contributed by atoms with Crippen molar-refractivity contribution in [1.82, 2.24) is 10.6 Å². The summed E-state index contributed by atoms with van der Waals surface area (Å²) in [6, 6.07) is 2.04. The number of amides is 1. The van der Waals surface area contributed by atoms with Gasteiger partial charge in [0.1, 0.15) is 0 Å². The Balaban J connectivity index is 0.00000180. The number of hydrogen-bond acceptors (Lipinski definition) is 4. The molecule has 7 heteroatoms. The molecule has 0 bridgehead atoms. The first-order valence-corrected chi connectivity index (χ1v) is 7.71. The Morgan fingerprint density at radius 3 is 2.95 bits per heavy atom. The molecule has 0 aromatic carbocycles. The molecular formula is C12H18BrClN2O2S. The molecule has 3 N–H and O–H groups in total. The van der Waals surface area contributed by atoms with Crippen LogP contribution < -0.4 is 10.6 Å². The number of hydrogen-bond donors (Lipinski definition) is 3. The van der Waals surface area contributed by atoms with Crippen LogP contribution in [0.1, 0.15) is 11.3 Å². The summed E-state index contributed by atoms with van der Waals surface area (Å²) in [5, 5.41) is 17.6. The van der Waals surface area contributed by atoms with Crippen LogP contribution in [0.2, 0.25) is 0 Å². The molecule has 0 saturated carbocycles. The fourth-order valence-corrected chi connectivity index (χ4v) is 3.44. The minimum atomic E-state index is -0.335. The van der Waals surface area contributed by atoms with Crippen molar-refractivity contribution in [2.75, 3.05) is 19.6 Å². The lowest BCUT2D eigenvalue weighted by atomic mass is 10.1. The van der Waals surface area contributed by atoms with Crippen molar-refractivity contribution in [2.45, 2.75) is 18.9 Å². The highest BCUT2D eigenvalue weighted by molar-refractivity contribution is 9.10. The van der Waals surface area contributed by atoms with Crippen LogP contribution in [0.25, 0.3) is 0 Å². The molecule has 1 saturated heterocycles. The lowest BCUT2D eigenvalue weighted by molar-refractivity contribution is -0.121. The van der Waals surface area contributed by atoms with E-state index in [1.54, 1.807) is 11.3 Å². The third-order valence-corrected chi connectivity index (χ3v) is 4.84. The number of nitrogens with one attached hydrogen (secondary N) is 2. The van der Waals surface area contributed by atoms with Crippen molar-refractivity contribution in [3.8, 4) is 0 Å². The average molecular weight is 370 g/mol. The molecule has 19 heavy (non-hydrogen) atoms. The van der Waals surface area contributed by atoms with Gasteiger partial charge >= 0.3 is 0 Å². The summed E-state index contributed by atoms with van der Waals surface area (Å²) in [5.74, 6) is 0.198. The van der Waals surface area contributed by atoms with Gasteiger partial charge in [-0.05, 0) is 28.4 Å². The zero-order valence-corrected chi connectivity index (χ0v) is 13.6. The van der Waals surface area contributed by atoms with E-state index in [2.05, 4.69) is 26.6 Å². The van der Waals surface area contributed by atoms with Gasteiger partial charge in [-0.3, -0.25) is 4.79 Å². The third kappa shape index (κ3) is 5.39. The highest BCUT2D eigenvalue weighted by Gasteiger charge is 2.24. The van der Waals surface area contributed by atoms with E-state index in [0.717, 1.165) is 17.4 Å². The van der Waals surface area contributed by atoms with E-state index in [1.165, 1.54) is 4.88 Å². The summed E-state index contributed by atoms with van der Waals surface area (Å²) in [6.07, 6.45) is 0.940. The SMILES string of the molecule is Cl.O=C(CCc1cc(Br)cs1)NCC1CNCC1O. The normalized spacial score (nSPS) is 22.0. The van der Waals surface area contributed by atoms with Crippen molar-refractivity contribution in [3.63, 3.8) is 0 Å². The third-order valence-electron chi connectivity index (χ3n) is 3.09. The van der Waals surface area contributed by atoms with Crippen LogP contribution in [-0.4, -0.2) is 36.8 Å². The van der Waals surface area contributed by atoms with Gasteiger partial charge in [-0.15, -0.1) is 23.7 Å². The highest BCUT2D eigenvalue weighted by Crippen LogP contribution is 2.20. The summed E-state index contributed by atoms with van der Waals surface area (Å²) >= 11 is 5.05. The molecule has 2 rings (SSSR count). The van der Waals surface area contributed by atoms with Crippen LogP contribution in [0, 0.1) is 5.92 Å². The summed E-state index contributed by atoms with van der Waals surface area (Å²) in [6.45, 7) is 1.96. The largest absolute Gasteiger partial charge is 0.391 e. The Morgan fingerprint density at radius 1 is 1.58 bits per heavy atom. The summed E-state index contributed by atoms with van der Waals surface area (Å²) in [7, 11) is 0. The van der Waals surface area contributed by atoms with Gasteiger partial charge < -0.3 is 15.7 Å². The molecule has 1 amide bonds. The van der Waals surface area contributed by atoms with Gasteiger partial charge in [-0.1, -0.05) is 0 Å². The highest BCUT2D eigenvalue weighted by atomic mass is 79.9. The monoisotopic (exact) mass is 368 g/mol. The number of aliphatic hydroxyl groups excluding tert-OH is 1. The van der Waals surface area contributed by atoms with Crippen LogP contribution in [0.5, 0.6) is 0 Å². The van der Waals surface area contributed by atoms with Crippen molar-refractivity contribution in [2.24, 2.45) is 5.92 Å². The van der Waals surface area contributed by atoms with E-state index < -0.39 is 0 Å². The molecule has 108 valence electrons. The maximum Gasteiger partial charge on any atom is 0.220 e. The van der Waals surface area contributed by atoms with E-state index in [4.69, 9.17) is 0 Å². The molecule has 2 atom stereocenters. The molecule has 0 radical (unpaired) electrons. The van der Waals surface area contributed by atoms with E-state index in [1.807, 2.05) is 11.4 Å². The minimum absolute atomic E-state index is 0. The van der Waals surface area contributed by atoms with E-state index in [9.17, 15) is 9.90 Å². The van der Waals surface area contributed by atoms with Crippen LogP contribution in [0.3, 0.4) is 0 Å². The predicted molar refractivity (Wildman–Crippen MR) is 83.0 cm³/mol. The Labute approximate surface area is 131 Å². The van der Waals surface area contributed by atoms with E-state index in [-0.39, 0.29) is 30.3 Å². The smallest absolute Gasteiger partial charge is 0.220 e. The fourth-order valence-electron chi connectivity index (χ4n) is 1.98.